The number of nitrogens with one attached hydrogen (secondary N) is 3. The van der Waals surface area contributed by atoms with Gasteiger partial charge in [0.2, 0.25) is 0 Å². The number of benzene rings is 1. The SMILES string of the molecule is CC(=O)N1NC(C)(C(=O)Nc2ccccc2)NN1O. The van der Waals surface area contributed by atoms with Crippen LogP contribution < -0.4 is 16.2 Å². The molecule has 0 saturated carbocycles. The Labute approximate surface area is 109 Å². The highest BCUT2D eigenvalue weighted by atomic mass is 16.6. The molecule has 102 valence electrons. The number of hydrogen-bond donors (Lipinski definition) is 4. The summed E-state index contributed by atoms with van der Waals surface area (Å²) in [5, 5.41) is 13.4. The van der Waals surface area contributed by atoms with Gasteiger partial charge in [-0.3, -0.25) is 14.8 Å². The van der Waals surface area contributed by atoms with Crippen LogP contribution in [0.4, 0.5) is 5.69 Å². The van der Waals surface area contributed by atoms with Gasteiger partial charge in [-0.05, 0) is 24.3 Å². The van der Waals surface area contributed by atoms with Crippen LogP contribution in [0.1, 0.15) is 13.8 Å². The van der Waals surface area contributed by atoms with Gasteiger partial charge in [0.25, 0.3) is 11.8 Å². The van der Waals surface area contributed by atoms with Gasteiger partial charge in [-0.2, -0.15) is 16.0 Å². The van der Waals surface area contributed by atoms with Gasteiger partial charge in [0.15, 0.2) is 5.66 Å². The van der Waals surface area contributed by atoms with Crippen LogP contribution in [0, 0.1) is 0 Å². The number of carbonyl (C=O) groups is 2. The van der Waals surface area contributed by atoms with Crippen molar-refractivity contribution in [2.75, 3.05) is 5.32 Å². The topological polar surface area (TPSA) is 96.9 Å². The van der Waals surface area contributed by atoms with E-state index in [-0.39, 0.29) is 0 Å². The third kappa shape index (κ3) is 2.71. The van der Waals surface area contributed by atoms with Crippen LogP contribution in [-0.2, 0) is 9.59 Å². The van der Waals surface area contributed by atoms with Crippen LogP contribution in [0.2, 0.25) is 0 Å². The predicted molar refractivity (Wildman–Crippen MR) is 65.9 cm³/mol. The van der Waals surface area contributed by atoms with Crippen molar-refractivity contribution < 1.29 is 14.8 Å². The number of hydrazine groups is 3. The number of para-hydroxylation sites is 1. The Hall–Kier alpha value is -2.00. The van der Waals surface area contributed by atoms with Gasteiger partial charge in [-0.1, -0.05) is 18.2 Å². The lowest BCUT2D eigenvalue weighted by atomic mass is 10.2. The summed E-state index contributed by atoms with van der Waals surface area (Å²) < 4.78 is 0. The van der Waals surface area contributed by atoms with Crippen molar-refractivity contribution in [3.8, 4) is 0 Å². The van der Waals surface area contributed by atoms with E-state index in [0.717, 1.165) is 5.12 Å². The third-order valence-electron chi connectivity index (χ3n) is 2.63. The molecule has 1 fully saturated rings. The Morgan fingerprint density at radius 2 is 1.89 bits per heavy atom. The molecule has 1 heterocycles. The molecule has 1 saturated heterocycles. The Kier molecular flexibility index (Phi) is 3.49. The molecule has 0 spiro atoms. The Morgan fingerprint density at radius 3 is 2.42 bits per heavy atom. The van der Waals surface area contributed by atoms with Gasteiger partial charge in [0.05, 0.1) is 0 Å². The van der Waals surface area contributed by atoms with E-state index >= 15 is 0 Å². The summed E-state index contributed by atoms with van der Waals surface area (Å²) >= 11 is 0. The minimum Gasteiger partial charge on any atom is -0.323 e. The van der Waals surface area contributed by atoms with E-state index in [1.54, 1.807) is 24.3 Å². The fourth-order valence-corrected chi connectivity index (χ4v) is 1.63. The summed E-state index contributed by atoms with van der Waals surface area (Å²) in [6.45, 7) is 2.75. The van der Waals surface area contributed by atoms with Crippen LogP contribution in [0.25, 0.3) is 0 Å². The van der Waals surface area contributed by atoms with E-state index < -0.39 is 17.5 Å². The number of nitrogens with zero attached hydrogens (tertiary/aromatic N) is 2. The number of hydrogen-bond acceptors (Lipinski definition) is 6. The zero-order valence-corrected chi connectivity index (χ0v) is 10.5. The molecule has 2 amide bonds. The van der Waals surface area contributed by atoms with Crippen molar-refractivity contribution >= 4 is 17.5 Å². The lowest BCUT2D eigenvalue weighted by Crippen LogP contribution is -2.58. The van der Waals surface area contributed by atoms with Crippen molar-refractivity contribution in [2.24, 2.45) is 0 Å². The van der Waals surface area contributed by atoms with Gasteiger partial charge >= 0.3 is 0 Å². The zero-order chi connectivity index (χ0) is 14.0. The maximum atomic E-state index is 12.1. The van der Waals surface area contributed by atoms with Gasteiger partial charge in [-0.25, -0.2) is 0 Å². The molecule has 0 bridgehead atoms. The van der Waals surface area contributed by atoms with Crippen LogP contribution in [0.3, 0.4) is 0 Å². The predicted octanol–water partition coefficient (Wildman–Crippen LogP) is -0.181. The van der Waals surface area contributed by atoms with E-state index in [1.165, 1.54) is 13.8 Å². The summed E-state index contributed by atoms with van der Waals surface area (Å²) in [5.41, 5.74) is 4.30. The van der Waals surface area contributed by atoms with Crippen molar-refractivity contribution in [2.45, 2.75) is 19.5 Å². The summed E-state index contributed by atoms with van der Waals surface area (Å²) in [5.74, 6) is -0.910. The van der Waals surface area contributed by atoms with Crippen LogP contribution in [0.15, 0.2) is 30.3 Å². The van der Waals surface area contributed by atoms with Gasteiger partial charge in [0, 0.05) is 12.6 Å². The molecule has 1 unspecified atom stereocenters. The molecule has 8 nitrogen and oxygen atoms in total. The average Bonchev–Trinajstić information content (AvgIpc) is 2.68. The maximum Gasteiger partial charge on any atom is 0.262 e. The quantitative estimate of drug-likeness (QED) is 0.592. The third-order valence-corrected chi connectivity index (χ3v) is 2.63. The van der Waals surface area contributed by atoms with Gasteiger partial charge < -0.3 is 5.32 Å². The summed E-state index contributed by atoms with van der Waals surface area (Å²) in [6, 6.07) is 8.86. The molecule has 0 aliphatic carbocycles. The Bertz CT molecular complexity index is 494. The number of amides is 2. The minimum atomic E-state index is -1.34. The molecule has 19 heavy (non-hydrogen) atoms. The summed E-state index contributed by atoms with van der Waals surface area (Å²) in [4.78, 5) is 23.4. The highest BCUT2D eigenvalue weighted by Gasteiger charge is 2.45. The first kappa shape index (κ1) is 13.4. The maximum absolute atomic E-state index is 12.1. The van der Waals surface area contributed by atoms with Crippen LogP contribution >= 0.6 is 0 Å². The van der Waals surface area contributed by atoms with Crippen molar-refractivity contribution in [1.29, 1.82) is 0 Å². The fourth-order valence-electron chi connectivity index (χ4n) is 1.63. The Morgan fingerprint density at radius 1 is 1.26 bits per heavy atom. The second kappa shape index (κ2) is 4.94. The van der Waals surface area contributed by atoms with Crippen molar-refractivity contribution in [3.05, 3.63) is 30.3 Å². The second-order valence-electron chi connectivity index (χ2n) is 4.29. The lowest BCUT2D eigenvalue weighted by molar-refractivity contribution is -0.253. The minimum absolute atomic E-state index is 0.437. The first-order valence-electron chi connectivity index (χ1n) is 5.64. The van der Waals surface area contributed by atoms with Gasteiger partial charge in [-0.15, -0.1) is 0 Å². The molecular formula is C11H15N5O3. The molecule has 1 aromatic rings. The Balaban J connectivity index is 2.09. The average molecular weight is 265 g/mol. The van der Waals surface area contributed by atoms with Crippen molar-refractivity contribution in [1.82, 2.24) is 21.3 Å². The van der Waals surface area contributed by atoms with E-state index in [1.807, 2.05) is 6.07 Å². The molecule has 0 radical (unpaired) electrons. The highest BCUT2D eigenvalue weighted by Crippen LogP contribution is 2.14. The van der Waals surface area contributed by atoms with E-state index in [2.05, 4.69) is 16.2 Å². The molecule has 8 heteroatoms. The lowest BCUT2D eigenvalue weighted by Gasteiger charge is -2.21. The molecular weight excluding hydrogens is 250 g/mol. The van der Waals surface area contributed by atoms with Crippen molar-refractivity contribution in [3.63, 3.8) is 0 Å². The molecule has 1 atom stereocenters. The number of anilines is 1. The largest absolute Gasteiger partial charge is 0.323 e. The molecule has 1 aliphatic rings. The molecule has 2 rings (SSSR count). The number of carbonyl (C=O) groups excluding carboxylic acids is 2. The monoisotopic (exact) mass is 265 g/mol. The molecule has 0 aromatic heterocycles. The summed E-state index contributed by atoms with van der Waals surface area (Å²) in [7, 11) is 0. The molecule has 4 N–H and O–H groups in total. The fraction of sp³-hybridized carbons (Fsp3) is 0.273. The first-order chi connectivity index (χ1) is 8.92. The van der Waals surface area contributed by atoms with Gasteiger partial charge in [0.1, 0.15) is 0 Å². The summed E-state index contributed by atoms with van der Waals surface area (Å²) in [6.07, 6.45) is 0. The van der Waals surface area contributed by atoms with Crippen LogP contribution in [-0.4, -0.2) is 33.1 Å². The van der Waals surface area contributed by atoms with E-state index in [4.69, 9.17) is 0 Å². The van der Waals surface area contributed by atoms with E-state index in [0.29, 0.717) is 11.0 Å². The standard InChI is InChI=1S/C11H15N5O3/c1-8(17)15-13-11(2,14-16(15)19)10(18)12-9-6-4-3-5-7-9/h3-7,13-14,19H,1-2H3,(H,12,18). The highest BCUT2D eigenvalue weighted by molar-refractivity contribution is 5.97. The number of rotatable bonds is 2. The molecule has 1 aromatic carbocycles. The molecule has 1 aliphatic heterocycles. The first-order valence-corrected chi connectivity index (χ1v) is 5.64. The smallest absolute Gasteiger partial charge is 0.262 e. The second-order valence-corrected chi connectivity index (χ2v) is 4.29. The van der Waals surface area contributed by atoms with E-state index in [9.17, 15) is 14.8 Å². The van der Waals surface area contributed by atoms with Crippen LogP contribution in [0.5, 0.6) is 0 Å². The normalized spacial score (nSPS) is 23.4. The zero-order valence-electron chi connectivity index (χ0n) is 10.5.